The standard InChI is InChI=1S/C20H28N2O2/c1-3-5-7-9-11-23-19-13-17(15-21)18(16-22)14-20(19)24-12-10-8-6-4-2/h13-14H,3-12H2,1-2H3. The van der Waals surface area contributed by atoms with Crippen molar-refractivity contribution in [3.63, 3.8) is 0 Å². The quantitative estimate of drug-likeness (QED) is 0.485. The van der Waals surface area contributed by atoms with E-state index in [2.05, 4.69) is 26.0 Å². The summed E-state index contributed by atoms with van der Waals surface area (Å²) in [5.74, 6) is 1.13. The maximum absolute atomic E-state index is 9.18. The monoisotopic (exact) mass is 328 g/mol. The molecule has 1 aromatic carbocycles. The van der Waals surface area contributed by atoms with E-state index in [1.54, 1.807) is 12.1 Å². The maximum Gasteiger partial charge on any atom is 0.162 e. The molecule has 0 aromatic heterocycles. The molecule has 0 amide bonds. The molecule has 1 rings (SSSR count). The van der Waals surface area contributed by atoms with Crippen LogP contribution >= 0.6 is 0 Å². The zero-order valence-corrected chi connectivity index (χ0v) is 14.9. The fourth-order valence-electron chi connectivity index (χ4n) is 2.39. The molecular weight excluding hydrogens is 300 g/mol. The first kappa shape index (κ1) is 19.8. The third-order valence-electron chi connectivity index (χ3n) is 3.84. The van der Waals surface area contributed by atoms with Crippen molar-refractivity contribution in [2.45, 2.75) is 65.2 Å². The van der Waals surface area contributed by atoms with Gasteiger partial charge in [0.15, 0.2) is 11.5 Å². The Morgan fingerprint density at radius 2 is 1.12 bits per heavy atom. The van der Waals surface area contributed by atoms with Crippen molar-refractivity contribution in [2.24, 2.45) is 0 Å². The molecule has 0 aliphatic heterocycles. The number of ether oxygens (including phenoxy) is 2. The molecule has 130 valence electrons. The Kier molecular flexibility index (Phi) is 10.1. The summed E-state index contributed by atoms with van der Waals surface area (Å²) in [6.45, 7) is 5.54. The Morgan fingerprint density at radius 1 is 0.708 bits per heavy atom. The lowest BCUT2D eigenvalue weighted by atomic mass is 10.1. The van der Waals surface area contributed by atoms with Gasteiger partial charge in [0, 0.05) is 12.1 Å². The second kappa shape index (κ2) is 12.3. The Hall–Kier alpha value is -2.20. The van der Waals surface area contributed by atoms with Crippen LogP contribution in [0.4, 0.5) is 0 Å². The van der Waals surface area contributed by atoms with Gasteiger partial charge in [-0.3, -0.25) is 0 Å². The molecule has 0 bridgehead atoms. The van der Waals surface area contributed by atoms with E-state index in [1.165, 1.54) is 25.7 Å². The van der Waals surface area contributed by atoms with Crippen LogP contribution in [0.15, 0.2) is 12.1 Å². The summed E-state index contributed by atoms with van der Waals surface area (Å²) in [7, 11) is 0. The van der Waals surface area contributed by atoms with Gasteiger partial charge >= 0.3 is 0 Å². The smallest absolute Gasteiger partial charge is 0.162 e. The molecule has 0 saturated carbocycles. The van der Waals surface area contributed by atoms with Gasteiger partial charge in [-0.05, 0) is 12.8 Å². The average molecular weight is 328 g/mol. The van der Waals surface area contributed by atoms with Crippen LogP contribution in [0, 0.1) is 22.7 Å². The molecule has 0 spiro atoms. The van der Waals surface area contributed by atoms with E-state index in [1.807, 2.05) is 0 Å². The molecule has 0 aliphatic carbocycles. The van der Waals surface area contributed by atoms with Crippen LogP contribution in [-0.4, -0.2) is 13.2 Å². The van der Waals surface area contributed by atoms with Gasteiger partial charge in [-0.1, -0.05) is 52.4 Å². The molecule has 4 heteroatoms. The molecular formula is C20H28N2O2. The number of unbranched alkanes of at least 4 members (excludes halogenated alkanes) is 6. The van der Waals surface area contributed by atoms with Crippen LogP contribution in [0.1, 0.15) is 76.3 Å². The van der Waals surface area contributed by atoms with Crippen molar-refractivity contribution in [2.75, 3.05) is 13.2 Å². The third-order valence-corrected chi connectivity index (χ3v) is 3.84. The van der Waals surface area contributed by atoms with E-state index in [9.17, 15) is 10.5 Å². The zero-order chi connectivity index (χ0) is 17.6. The first-order valence-corrected chi connectivity index (χ1v) is 9.00. The summed E-state index contributed by atoms with van der Waals surface area (Å²) in [5, 5.41) is 18.4. The molecule has 1 aromatic rings. The molecule has 0 unspecified atom stereocenters. The van der Waals surface area contributed by atoms with Gasteiger partial charge < -0.3 is 9.47 Å². The molecule has 0 aliphatic rings. The van der Waals surface area contributed by atoms with Crippen LogP contribution < -0.4 is 9.47 Å². The highest BCUT2D eigenvalue weighted by atomic mass is 16.5. The Bertz CT molecular complexity index is 519. The minimum atomic E-state index is 0.333. The molecule has 0 fully saturated rings. The van der Waals surface area contributed by atoms with Gasteiger partial charge in [-0.25, -0.2) is 0 Å². The van der Waals surface area contributed by atoms with E-state index in [-0.39, 0.29) is 0 Å². The summed E-state index contributed by atoms with van der Waals surface area (Å²) in [4.78, 5) is 0. The van der Waals surface area contributed by atoms with Gasteiger partial charge in [-0.15, -0.1) is 0 Å². The number of nitrogens with zero attached hydrogens (tertiary/aromatic N) is 2. The molecule has 0 saturated heterocycles. The van der Waals surface area contributed by atoms with Gasteiger partial charge in [-0.2, -0.15) is 10.5 Å². The molecule has 24 heavy (non-hydrogen) atoms. The van der Waals surface area contributed by atoms with E-state index in [0.29, 0.717) is 35.8 Å². The van der Waals surface area contributed by atoms with E-state index in [4.69, 9.17) is 9.47 Å². The molecule has 0 N–H and O–H groups in total. The van der Waals surface area contributed by atoms with Crippen molar-refractivity contribution in [1.29, 1.82) is 10.5 Å². The largest absolute Gasteiger partial charge is 0.490 e. The highest BCUT2D eigenvalue weighted by Crippen LogP contribution is 2.31. The average Bonchev–Trinajstić information content (AvgIpc) is 2.61. The minimum absolute atomic E-state index is 0.333. The summed E-state index contributed by atoms with van der Waals surface area (Å²) in [6.07, 6.45) is 8.97. The lowest BCUT2D eigenvalue weighted by Gasteiger charge is -2.14. The minimum Gasteiger partial charge on any atom is -0.490 e. The predicted molar refractivity (Wildman–Crippen MR) is 95.1 cm³/mol. The van der Waals surface area contributed by atoms with Crippen LogP contribution in [0.25, 0.3) is 0 Å². The Labute approximate surface area is 146 Å². The van der Waals surface area contributed by atoms with Crippen molar-refractivity contribution in [3.8, 4) is 23.6 Å². The maximum atomic E-state index is 9.18. The van der Waals surface area contributed by atoms with Crippen LogP contribution in [0.5, 0.6) is 11.5 Å². The lowest BCUT2D eigenvalue weighted by molar-refractivity contribution is 0.258. The highest BCUT2D eigenvalue weighted by Gasteiger charge is 2.12. The van der Waals surface area contributed by atoms with Crippen molar-refractivity contribution >= 4 is 0 Å². The summed E-state index contributed by atoms with van der Waals surface area (Å²) >= 11 is 0. The van der Waals surface area contributed by atoms with E-state index >= 15 is 0 Å². The molecule has 0 radical (unpaired) electrons. The highest BCUT2D eigenvalue weighted by molar-refractivity contribution is 5.56. The topological polar surface area (TPSA) is 66.0 Å². The number of hydrogen-bond donors (Lipinski definition) is 0. The SMILES string of the molecule is CCCCCCOc1cc(C#N)c(C#N)cc1OCCCCCC. The van der Waals surface area contributed by atoms with Gasteiger partial charge in [0.05, 0.1) is 24.3 Å². The summed E-state index contributed by atoms with van der Waals surface area (Å²) in [5.41, 5.74) is 0.666. The zero-order valence-electron chi connectivity index (χ0n) is 14.9. The van der Waals surface area contributed by atoms with Gasteiger partial charge in [0.1, 0.15) is 12.1 Å². The second-order valence-corrected chi connectivity index (χ2v) is 5.89. The summed E-state index contributed by atoms with van der Waals surface area (Å²) < 4.78 is 11.6. The van der Waals surface area contributed by atoms with Crippen molar-refractivity contribution < 1.29 is 9.47 Å². The van der Waals surface area contributed by atoms with Gasteiger partial charge in [0.2, 0.25) is 0 Å². The van der Waals surface area contributed by atoms with Crippen LogP contribution in [0.3, 0.4) is 0 Å². The fourth-order valence-corrected chi connectivity index (χ4v) is 2.39. The second-order valence-electron chi connectivity index (χ2n) is 5.89. The van der Waals surface area contributed by atoms with Crippen molar-refractivity contribution in [3.05, 3.63) is 23.3 Å². The van der Waals surface area contributed by atoms with Crippen LogP contribution in [0.2, 0.25) is 0 Å². The molecule has 4 nitrogen and oxygen atoms in total. The first-order valence-electron chi connectivity index (χ1n) is 9.00. The number of nitriles is 2. The van der Waals surface area contributed by atoms with E-state index in [0.717, 1.165) is 25.7 Å². The normalized spacial score (nSPS) is 10.0. The number of benzene rings is 1. The third kappa shape index (κ3) is 6.92. The predicted octanol–water partition coefficient (Wildman–Crippen LogP) is 5.35. The molecule has 0 atom stereocenters. The van der Waals surface area contributed by atoms with Crippen molar-refractivity contribution in [1.82, 2.24) is 0 Å². The van der Waals surface area contributed by atoms with Crippen LogP contribution in [-0.2, 0) is 0 Å². The Morgan fingerprint density at radius 3 is 1.46 bits per heavy atom. The van der Waals surface area contributed by atoms with E-state index < -0.39 is 0 Å². The first-order chi connectivity index (χ1) is 11.8. The number of rotatable bonds is 12. The Balaban J connectivity index is 2.73. The lowest BCUT2D eigenvalue weighted by Crippen LogP contribution is -2.04. The summed E-state index contributed by atoms with van der Waals surface area (Å²) in [6, 6.07) is 7.35. The van der Waals surface area contributed by atoms with Gasteiger partial charge in [0.25, 0.3) is 0 Å². The molecule has 0 heterocycles. The number of hydrogen-bond acceptors (Lipinski definition) is 4. The fraction of sp³-hybridized carbons (Fsp3) is 0.600.